The summed E-state index contributed by atoms with van der Waals surface area (Å²) < 4.78 is 43.1. The monoisotopic (exact) mass is 345 g/mol. The zero-order valence-electron chi connectivity index (χ0n) is 14.2. The summed E-state index contributed by atoms with van der Waals surface area (Å²) in [7, 11) is 0. The summed E-state index contributed by atoms with van der Waals surface area (Å²) in [6.07, 6.45) is -3.94. The van der Waals surface area contributed by atoms with E-state index in [0.29, 0.717) is 25.5 Å². The first-order chi connectivity index (χ1) is 11.0. The second-order valence-corrected chi connectivity index (χ2v) is 6.87. The molecule has 1 aliphatic heterocycles. The lowest BCUT2D eigenvalue weighted by Gasteiger charge is -2.40. The minimum absolute atomic E-state index is 0.127. The van der Waals surface area contributed by atoms with Crippen LogP contribution >= 0.6 is 0 Å². The van der Waals surface area contributed by atoms with Crippen molar-refractivity contribution in [1.29, 1.82) is 0 Å². The Labute approximate surface area is 139 Å². The van der Waals surface area contributed by atoms with Gasteiger partial charge in [0.05, 0.1) is 5.56 Å². The third kappa shape index (κ3) is 4.52. The fraction of sp³-hybridized carbons (Fsp3) is 0.625. The highest BCUT2D eigenvalue weighted by Crippen LogP contribution is 2.29. The van der Waals surface area contributed by atoms with E-state index in [4.69, 9.17) is 4.74 Å². The SMILES string of the molecule is CC1CN(c2ccc(C(F)(F)F)cn2)CCN1C(=O)OC(C)(C)C. The minimum Gasteiger partial charge on any atom is -0.444 e. The number of pyridine rings is 1. The number of hydrogen-bond acceptors (Lipinski definition) is 4. The van der Waals surface area contributed by atoms with Gasteiger partial charge in [0.2, 0.25) is 0 Å². The molecule has 0 aromatic carbocycles. The van der Waals surface area contributed by atoms with Crippen LogP contribution in [0.5, 0.6) is 0 Å². The lowest BCUT2D eigenvalue weighted by Crippen LogP contribution is -2.55. The summed E-state index contributed by atoms with van der Waals surface area (Å²) in [5, 5.41) is 0. The molecule has 1 unspecified atom stereocenters. The number of nitrogens with zero attached hydrogens (tertiary/aromatic N) is 3. The van der Waals surface area contributed by atoms with Gasteiger partial charge < -0.3 is 14.5 Å². The zero-order chi connectivity index (χ0) is 18.1. The molecule has 0 radical (unpaired) electrons. The Kier molecular flexibility index (Phi) is 4.96. The number of alkyl halides is 3. The van der Waals surface area contributed by atoms with Crippen molar-refractivity contribution in [2.45, 2.75) is 45.5 Å². The number of carbonyl (C=O) groups is 1. The topological polar surface area (TPSA) is 45.7 Å². The molecule has 24 heavy (non-hydrogen) atoms. The van der Waals surface area contributed by atoms with Gasteiger partial charge in [0.15, 0.2) is 0 Å². The summed E-state index contributed by atoms with van der Waals surface area (Å²) >= 11 is 0. The first kappa shape index (κ1) is 18.4. The van der Waals surface area contributed by atoms with Crippen LogP contribution in [0.2, 0.25) is 0 Å². The average molecular weight is 345 g/mol. The number of halogens is 3. The quantitative estimate of drug-likeness (QED) is 0.781. The summed E-state index contributed by atoms with van der Waals surface area (Å²) in [6, 6.07) is 2.25. The maximum atomic E-state index is 12.6. The van der Waals surface area contributed by atoms with E-state index < -0.39 is 17.3 Å². The number of aromatic nitrogens is 1. The van der Waals surface area contributed by atoms with Gasteiger partial charge in [-0.05, 0) is 39.8 Å². The van der Waals surface area contributed by atoms with Gasteiger partial charge in [-0.15, -0.1) is 0 Å². The number of carbonyl (C=O) groups excluding carboxylic acids is 1. The van der Waals surface area contributed by atoms with Crippen molar-refractivity contribution < 1.29 is 22.7 Å². The van der Waals surface area contributed by atoms with E-state index >= 15 is 0 Å². The van der Waals surface area contributed by atoms with Crippen molar-refractivity contribution in [1.82, 2.24) is 9.88 Å². The smallest absolute Gasteiger partial charge is 0.417 e. The van der Waals surface area contributed by atoms with Crippen LogP contribution in [-0.4, -0.2) is 47.3 Å². The van der Waals surface area contributed by atoms with Crippen molar-refractivity contribution in [3.63, 3.8) is 0 Å². The van der Waals surface area contributed by atoms with Gasteiger partial charge in [-0.2, -0.15) is 13.2 Å². The number of hydrogen-bond donors (Lipinski definition) is 0. The number of rotatable bonds is 1. The van der Waals surface area contributed by atoms with E-state index in [1.54, 1.807) is 25.7 Å². The van der Waals surface area contributed by atoms with Crippen LogP contribution < -0.4 is 4.90 Å². The van der Waals surface area contributed by atoms with E-state index in [1.807, 2.05) is 11.8 Å². The number of anilines is 1. The molecule has 0 bridgehead atoms. The Balaban J connectivity index is 2.01. The molecule has 1 aliphatic rings. The second-order valence-electron chi connectivity index (χ2n) is 6.87. The normalized spacial score (nSPS) is 19.4. The number of piperazine rings is 1. The molecular weight excluding hydrogens is 323 g/mol. The first-order valence-electron chi connectivity index (χ1n) is 7.75. The van der Waals surface area contributed by atoms with Crippen molar-refractivity contribution in [2.75, 3.05) is 24.5 Å². The molecule has 0 spiro atoms. The van der Waals surface area contributed by atoms with Gasteiger partial charge in [-0.1, -0.05) is 0 Å². The van der Waals surface area contributed by atoms with Crippen LogP contribution in [0, 0.1) is 0 Å². The molecule has 1 amide bonds. The molecule has 8 heteroatoms. The molecule has 5 nitrogen and oxygen atoms in total. The van der Waals surface area contributed by atoms with Gasteiger partial charge in [0.25, 0.3) is 0 Å². The lowest BCUT2D eigenvalue weighted by molar-refractivity contribution is -0.137. The fourth-order valence-corrected chi connectivity index (χ4v) is 2.50. The molecule has 1 aromatic heterocycles. The van der Waals surface area contributed by atoms with Crippen molar-refractivity contribution in [2.24, 2.45) is 0 Å². The largest absolute Gasteiger partial charge is 0.444 e. The van der Waals surface area contributed by atoms with Crippen LogP contribution in [0.1, 0.15) is 33.3 Å². The fourth-order valence-electron chi connectivity index (χ4n) is 2.50. The average Bonchev–Trinajstić information content (AvgIpc) is 2.44. The molecule has 0 N–H and O–H groups in total. The minimum atomic E-state index is -4.39. The van der Waals surface area contributed by atoms with E-state index in [9.17, 15) is 18.0 Å². The van der Waals surface area contributed by atoms with E-state index in [1.165, 1.54) is 6.07 Å². The molecule has 2 rings (SSSR count). The van der Waals surface area contributed by atoms with Crippen molar-refractivity contribution in [3.8, 4) is 0 Å². The summed E-state index contributed by atoms with van der Waals surface area (Å²) in [5.74, 6) is 0.471. The molecular formula is C16H22F3N3O2. The van der Waals surface area contributed by atoms with E-state index in [0.717, 1.165) is 12.3 Å². The van der Waals surface area contributed by atoms with Gasteiger partial charge in [0, 0.05) is 31.9 Å². The highest BCUT2D eigenvalue weighted by molar-refractivity contribution is 5.69. The molecule has 1 saturated heterocycles. The highest BCUT2D eigenvalue weighted by atomic mass is 19.4. The lowest BCUT2D eigenvalue weighted by atomic mass is 10.2. The zero-order valence-corrected chi connectivity index (χ0v) is 14.2. The second kappa shape index (κ2) is 6.49. The van der Waals surface area contributed by atoms with Gasteiger partial charge in [-0.25, -0.2) is 9.78 Å². The van der Waals surface area contributed by atoms with Crippen molar-refractivity contribution in [3.05, 3.63) is 23.9 Å². The molecule has 0 aliphatic carbocycles. The molecule has 0 saturated carbocycles. The Morgan fingerprint density at radius 1 is 1.25 bits per heavy atom. The summed E-state index contributed by atoms with van der Waals surface area (Å²) in [4.78, 5) is 19.6. The summed E-state index contributed by atoms with van der Waals surface area (Å²) in [5.41, 5.74) is -1.34. The molecule has 1 atom stereocenters. The van der Waals surface area contributed by atoms with Crippen LogP contribution in [-0.2, 0) is 10.9 Å². The van der Waals surface area contributed by atoms with Gasteiger partial charge >= 0.3 is 12.3 Å². The Morgan fingerprint density at radius 3 is 2.38 bits per heavy atom. The van der Waals surface area contributed by atoms with Crippen LogP contribution in [0.25, 0.3) is 0 Å². The van der Waals surface area contributed by atoms with Crippen LogP contribution in [0.15, 0.2) is 18.3 Å². The van der Waals surface area contributed by atoms with Gasteiger partial charge in [-0.3, -0.25) is 0 Å². The number of amides is 1. The predicted molar refractivity (Wildman–Crippen MR) is 83.9 cm³/mol. The Bertz CT molecular complexity index is 582. The summed E-state index contributed by atoms with van der Waals surface area (Å²) in [6.45, 7) is 8.69. The maximum Gasteiger partial charge on any atom is 0.417 e. The standard InChI is InChI=1S/C16H22F3N3O2/c1-11-10-21(7-8-22(11)14(23)24-15(2,3)4)13-6-5-12(9-20-13)16(17,18)19/h5-6,9,11H,7-8,10H2,1-4H3. The molecule has 134 valence electrons. The van der Waals surface area contributed by atoms with Gasteiger partial charge in [0.1, 0.15) is 11.4 Å². The Morgan fingerprint density at radius 2 is 1.92 bits per heavy atom. The molecule has 2 heterocycles. The number of ether oxygens (including phenoxy) is 1. The first-order valence-corrected chi connectivity index (χ1v) is 7.75. The molecule has 1 fully saturated rings. The van der Waals surface area contributed by atoms with Crippen LogP contribution in [0.3, 0.4) is 0 Å². The maximum absolute atomic E-state index is 12.6. The van der Waals surface area contributed by atoms with Crippen LogP contribution in [0.4, 0.5) is 23.8 Å². The Hall–Kier alpha value is -1.99. The molecule has 1 aromatic rings. The predicted octanol–water partition coefficient (Wildman–Crippen LogP) is 3.55. The highest BCUT2D eigenvalue weighted by Gasteiger charge is 2.33. The van der Waals surface area contributed by atoms with E-state index in [-0.39, 0.29) is 12.1 Å². The van der Waals surface area contributed by atoms with E-state index in [2.05, 4.69) is 4.98 Å². The third-order valence-corrected chi connectivity index (χ3v) is 3.65. The third-order valence-electron chi connectivity index (χ3n) is 3.65. The van der Waals surface area contributed by atoms with Crippen molar-refractivity contribution >= 4 is 11.9 Å².